The second-order valence-electron chi connectivity index (χ2n) is 9.70. The van der Waals surface area contributed by atoms with Gasteiger partial charge in [0, 0.05) is 13.1 Å². The molecule has 0 bridgehead atoms. The zero-order valence-corrected chi connectivity index (χ0v) is 22.8. The van der Waals surface area contributed by atoms with E-state index in [2.05, 4.69) is 23.6 Å². The van der Waals surface area contributed by atoms with Gasteiger partial charge in [0.25, 0.3) is 0 Å². The van der Waals surface area contributed by atoms with Crippen LogP contribution >= 0.6 is 24.0 Å². The Balaban J connectivity index is 1.95. The van der Waals surface area contributed by atoms with Crippen LogP contribution in [-0.2, 0) is 0 Å². The fourth-order valence-corrected chi connectivity index (χ4v) is 5.63. The predicted octanol–water partition coefficient (Wildman–Crippen LogP) is 9.38. The lowest BCUT2D eigenvalue weighted by atomic mass is 10.1. The Morgan fingerprint density at radius 2 is 0.968 bits per heavy atom. The van der Waals surface area contributed by atoms with Gasteiger partial charge in [-0.25, -0.2) is 0 Å². The van der Waals surface area contributed by atoms with Gasteiger partial charge in [0.05, 0.1) is 12.5 Å². The first-order valence-corrected chi connectivity index (χ1v) is 15.3. The lowest BCUT2D eigenvalue weighted by molar-refractivity contribution is 0.206. The van der Waals surface area contributed by atoms with Crippen molar-refractivity contribution in [3.05, 3.63) is 0 Å². The summed E-state index contributed by atoms with van der Waals surface area (Å²) >= 11 is 7.51. The number of hydrogen-bond donors (Lipinski definition) is 0. The summed E-state index contributed by atoms with van der Waals surface area (Å²) < 4.78 is 1.13. The molecule has 1 rings (SSSR count). The quantitative estimate of drug-likeness (QED) is 0.115. The molecule has 1 fully saturated rings. The Labute approximate surface area is 205 Å². The average molecular weight is 471 g/mol. The van der Waals surface area contributed by atoms with Crippen molar-refractivity contribution in [1.82, 2.24) is 9.80 Å². The molecular formula is C27H54N2S2. The van der Waals surface area contributed by atoms with Crippen LogP contribution in [-0.4, -0.2) is 39.8 Å². The SMILES string of the molecule is CCCCCCCCCCCCN1CSC(=S)N(CCCCCCCCCCCC)C1. The highest BCUT2D eigenvalue weighted by Crippen LogP contribution is 2.20. The van der Waals surface area contributed by atoms with Crippen molar-refractivity contribution in [3.8, 4) is 0 Å². The molecule has 31 heavy (non-hydrogen) atoms. The minimum Gasteiger partial charge on any atom is -0.344 e. The van der Waals surface area contributed by atoms with E-state index in [1.807, 2.05) is 11.8 Å². The Bertz CT molecular complexity index is 403. The van der Waals surface area contributed by atoms with Crippen molar-refractivity contribution in [1.29, 1.82) is 0 Å². The van der Waals surface area contributed by atoms with Crippen LogP contribution in [0.2, 0.25) is 0 Å². The van der Waals surface area contributed by atoms with Crippen molar-refractivity contribution < 1.29 is 0 Å². The molecule has 0 aromatic heterocycles. The molecule has 1 aliphatic heterocycles. The molecule has 4 heteroatoms. The molecule has 0 atom stereocenters. The van der Waals surface area contributed by atoms with Crippen molar-refractivity contribution in [2.45, 2.75) is 142 Å². The van der Waals surface area contributed by atoms with Gasteiger partial charge in [-0.1, -0.05) is 153 Å². The lowest BCUT2D eigenvalue weighted by Crippen LogP contribution is -2.45. The van der Waals surface area contributed by atoms with Crippen LogP contribution in [0.15, 0.2) is 0 Å². The van der Waals surface area contributed by atoms with Crippen molar-refractivity contribution in [2.24, 2.45) is 0 Å². The van der Waals surface area contributed by atoms with Gasteiger partial charge in [0.1, 0.15) is 4.32 Å². The number of unbranched alkanes of at least 4 members (excludes halogenated alkanes) is 18. The minimum atomic E-state index is 1.07. The Morgan fingerprint density at radius 3 is 1.42 bits per heavy atom. The fraction of sp³-hybridized carbons (Fsp3) is 0.963. The summed E-state index contributed by atoms with van der Waals surface area (Å²) in [5, 5.41) is 0. The van der Waals surface area contributed by atoms with Gasteiger partial charge < -0.3 is 4.90 Å². The molecule has 0 amide bonds. The third-order valence-electron chi connectivity index (χ3n) is 6.61. The van der Waals surface area contributed by atoms with Crippen LogP contribution in [0.25, 0.3) is 0 Å². The molecule has 2 nitrogen and oxygen atoms in total. The Kier molecular flexibility index (Phi) is 20.8. The molecule has 0 saturated carbocycles. The highest BCUT2D eigenvalue weighted by Gasteiger charge is 2.20. The second kappa shape index (κ2) is 22.0. The first-order chi connectivity index (χ1) is 15.3. The lowest BCUT2D eigenvalue weighted by Gasteiger charge is -2.36. The monoisotopic (exact) mass is 470 g/mol. The van der Waals surface area contributed by atoms with Crippen molar-refractivity contribution in [3.63, 3.8) is 0 Å². The summed E-state index contributed by atoms with van der Waals surface area (Å²) in [6.45, 7) is 8.08. The third kappa shape index (κ3) is 17.4. The molecule has 1 aliphatic rings. The van der Waals surface area contributed by atoms with Gasteiger partial charge in [0.15, 0.2) is 0 Å². The van der Waals surface area contributed by atoms with E-state index in [9.17, 15) is 0 Å². The van der Waals surface area contributed by atoms with E-state index in [-0.39, 0.29) is 0 Å². The maximum atomic E-state index is 5.63. The van der Waals surface area contributed by atoms with Gasteiger partial charge in [-0.2, -0.15) is 0 Å². The molecule has 0 radical (unpaired) electrons. The smallest absolute Gasteiger partial charge is 0.138 e. The zero-order chi connectivity index (χ0) is 22.4. The van der Waals surface area contributed by atoms with Crippen molar-refractivity contribution in [2.75, 3.05) is 25.6 Å². The maximum Gasteiger partial charge on any atom is 0.138 e. The van der Waals surface area contributed by atoms with Crippen LogP contribution in [0.3, 0.4) is 0 Å². The normalized spacial score (nSPS) is 15.2. The summed E-state index contributed by atoms with van der Waals surface area (Å²) in [6.07, 6.45) is 28.3. The molecule has 0 aliphatic carbocycles. The first kappa shape index (κ1) is 29.2. The summed E-state index contributed by atoms with van der Waals surface area (Å²) in [4.78, 5) is 5.08. The Hall–Kier alpha value is 0.200. The molecule has 0 aromatic rings. The van der Waals surface area contributed by atoms with Crippen LogP contribution in [0.5, 0.6) is 0 Å². The van der Waals surface area contributed by atoms with Crippen LogP contribution in [0.1, 0.15) is 142 Å². The molecule has 184 valence electrons. The van der Waals surface area contributed by atoms with E-state index in [1.165, 1.54) is 135 Å². The highest BCUT2D eigenvalue weighted by molar-refractivity contribution is 8.22. The van der Waals surface area contributed by atoms with E-state index in [4.69, 9.17) is 12.2 Å². The van der Waals surface area contributed by atoms with E-state index in [0.29, 0.717) is 0 Å². The van der Waals surface area contributed by atoms with Gasteiger partial charge in [-0.3, -0.25) is 4.90 Å². The number of rotatable bonds is 22. The number of hydrogen-bond acceptors (Lipinski definition) is 3. The van der Waals surface area contributed by atoms with Gasteiger partial charge in [0.2, 0.25) is 0 Å². The van der Waals surface area contributed by atoms with Crippen LogP contribution in [0.4, 0.5) is 0 Å². The standard InChI is InChI=1S/C27H54N2S2/c1-3-5-7-9-11-13-15-17-19-21-23-28-25-29(27(30)31-26-28)24-22-20-18-16-14-12-10-8-6-4-2/h3-26H2,1-2H3. The van der Waals surface area contributed by atoms with E-state index in [1.54, 1.807) is 0 Å². The molecule has 1 heterocycles. The van der Waals surface area contributed by atoms with Gasteiger partial charge >= 0.3 is 0 Å². The molecule has 0 unspecified atom stereocenters. The number of thioether (sulfide) groups is 1. The van der Waals surface area contributed by atoms with Crippen molar-refractivity contribution >= 4 is 28.3 Å². The molecule has 0 spiro atoms. The first-order valence-electron chi connectivity index (χ1n) is 13.9. The third-order valence-corrected chi connectivity index (χ3v) is 8.22. The van der Waals surface area contributed by atoms with Gasteiger partial charge in [-0.15, -0.1) is 0 Å². The van der Waals surface area contributed by atoms with Crippen LogP contribution in [0, 0.1) is 0 Å². The maximum absolute atomic E-state index is 5.63. The fourth-order valence-electron chi connectivity index (χ4n) is 4.49. The zero-order valence-electron chi connectivity index (χ0n) is 21.2. The summed E-state index contributed by atoms with van der Waals surface area (Å²) in [5.41, 5.74) is 0. The molecule has 1 saturated heterocycles. The second-order valence-corrected chi connectivity index (χ2v) is 11.3. The van der Waals surface area contributed by atoms with E-state index in [0.717, 1.165) is 23.4 Å². The topological polar surface area (TPSA) is 6.48 Å². The van der Waals surface area contributed by atoms with E-state index < -0.39 is 0 Å². The molecular weight excluding hydrogens is 416 g/mol. The van der Waals surface area contributed by atoms with Crippen LogP contribution < -0.4 is 0 Å². The minimum absolute atomic E-state index is 1.07. The summed E-state index contributed by atoms with van der Waals surface area (Å²) in [5.74, 6) is 1.10. The van der Waals surface area contributed by atoms with E-state index >= 15 is 0 Å². The summed E-state index contributed by atoms with van der Waals surface area (Å²) in [7, 11) is 0. The average Bonchev–Trinajstić information content (AvgIpc) is 2.78. The number of thiocarbonyl (C=S) groups is 1. The largest absolute Gasteiger partial charge is 0.344 e. The number of nitrogens with zero attached hydrogens (tertiary/aromatic N) is 2. The van der Waals surface area contributed by atoms with Gasteiger partial charge in [-0.05, 0) is 12.8 Å². The predicted molar refractivity (Wildman–Crippen MR) is 147 cm³/mol. The highest BCUT2D eigenvalue weighted by atomic mass is 32.2. The molecule has 0 aromatic carbocycles. The molecule has 0 N–H and O–H groups in total. The Morgan fingerprint density at radius 1 is 0.581 bits per heavy atom. The summed E-state index contributed by atoms with van der Waals surface area (Å²) in [6, 6.07) is 0.